The Labute approximate surface area is 157 Å². The Hall–Kier alpha value is -2.18. The topological polar surface area (TPSA) is 69.4 Å². The summed E-state index contributed by atoms with van der Waals surface area (Å²) in [5.74, 6) is 0.577. The number of amidine groups is 1. The smallest absolute Gasteiger partial charge is 0.135 e. The molecule has 0 radical (unpaired) electrons. The van der Waals surface area contributed by atoms with Crippen molar-refractivity contribution in [2.24, 2.45) is 0 Å². The van der Waals surface area contributed by atoms with Crippen molar-refractivity contribution in [1.82, 2.24) is 9.88 Å². The molecular formula is C20H23N3O2S. The standard InChI is InChI=1S/C20H23N3O2S/c1-12-5-6-14(8-13(12)2)16-11-26-20(22-16)18-17(24)10-23(19(18)21)9-15-4-3-7-25-15/h5-6,8,11,15,21,24H,3-4,7,9-10H2,1-2H3. The second-order valence-corrected chi connectivity index (χ2v) is 7.88. The largest absolute Gasteiger partial charge is 0.510 e. The van der Waals surface area contributed by atoms with Gasteiger partial charge in [-0.2, -0.15) is 0 Å². The summed E-state index contributed by atoms with van der Waals surface area (Å²) in [5.41, 5.74) is 5.00. The van der Waals surface area contributed by atoms with E-state index in [1.54, 1.807) is 0 Å². The Morgan fingerprint density at radius 2 is 2.19 bits per heavy atom. The molecule has 2 aromatic rings. The number of aryl methyl sites for hydroxylation is 2. The van der Waals surface area contributed by atoms with E-state index < -0.39 is 0 Å². The van der Waals surface area contributed by atoms with Gasteiger partial charge in [0.15, 0.2) is 0 Å². The highest BCUT2D eigenvalue weighted by molar-refractivity contribution is 7.11. The molecule has 26 heavy (non-hydrogen) atoms. The minimum Gasteiger partial charge on any atom is -0.510 e. The zero-order chi connectivity index (χ0) is 18.3. The monoisotopic (exact) mass is 369 g/mol. The molecular weight excluding hydrogens is 346 g/mol. The van der Waals surface area contributed by atoms with Crippen LogP contribution in [-0.4, -0.2) is 46.6 Å². The van der Waals surface area contributed by atoms with Gasteiger partial charge in [0.1, 0.15) is 16.6 Å². The number of aromatic nitrogens is 1. The Kier molecular flexibility index (Phi) is 4.54. The van der Waals surface area contributed by atoms with Crippen LogP contribution in [0.15, 0.2) is 29.3 Å². The number of nitrogens with one attached hydrogen (secondary N) is 1. The van der Waals surface area contributed by atoms with Crippen LogP contribution in [0.2, 0.25) is 0 Å². The van der Waals surface area contributed by atoms with Crippen molar-refractivity contribution in [3.63, 3.8) is 0 Å². The van der Waals surface area contributed by atoms with Crippen LogP contribution in [-0.2, 0) is 4.74 Å². The fourth-order valence-electron chi connectivity index (χ4n) is 3.47. The van der Waals surface area contributed by atoms with Crippen LogP contribution >= 0.6 is 11.3 Å². The molecule has 1 saturated heterocycles. The molecule has 0 amide bonds. The maximum absolute atomic E-state index is 10.4. The predicted octanol–water partition coefficient (Wildman–Crippen LogP) is 4.17. The number of ether oxygens (including phenoxy) is 1. The van der Waals surface area contributed by atoms with E-state index in [9.17, 15) is 5.11 Å². The van der Waals surface area contributed by atoms with Gasteiger partial charge >= 0.3 is 0 Å². The van der Waals surface area contributed by atoms with E-state index in [1.807, 2.05) is 10.3 Å². The third kappa shape index (κ3) is 3.15. The van der Waals surface area contributed by atoms with Gasteiger partial charge in [0.2, 0.25) is 0 Å². The number of hydrogen-bond donors (Lipinski definition) is 2. The maximum atomic E-state index is 10.4. The van der Waals surface area contributed by atoms with Gasteiger partial charge < -0.3 is 14.7 Å². The molecule has 4 rings (SSSR count). The second-order valence-electron chi connectivity index (χ2n) is 7.02. The highest BCUT2D eigenvalue weighted by Gasteiger charge is 2.32. The van der Waals surface area contributed by atoms with Crippen molar-refractivity contribution in [2.45, 2.75) is 32.8 Å². The third-order valence-corrected chi connectivity index (χ3v) is 6.01. The minimum atomic E-state index is 0.157. The Balaban J connectivity index is 1.55. The molecule has 2 aliphatic heterocycles. The average Bonchev–Trinajstić information content (AvgIpc) is 3.33. The Morgan fingerprint density at radius 1 is 1.35 bits per heavy atom. The normalized spacial score (nSPS) is 20.5. The predicted molar refractivity (Wildman–Crippen MR) is 105 cm³/mol. The molecule has 1 unspecified atom stereocenters. The lowest BCUT2D eigenvalue weighted by molar-refractivity contribution is 0.0924. The van der Waals surface area contributed by atoms with Gasteiger partial charge in [-0.3, -0.25) is 5.41 Å². The molecule has 2 N–H and O–H groups in total. The molecule has 3 heterocycles. The van der Waals surface area contributed by atoms with Gasteiger partial charge in [-0.1, -0.05) is 12.1 Å². The summed E-state index contributed by atoms with van der Waals surface area (Å²) in [4.78, 5) is 6.59. The molecule has 2 aliphatic rings. The molecule has 6 heteroatoms. The number of hydrogen-bond acceptors (Lipinski definition) is 5. The summed E-state index contributed by atoms with van der Waals surface area (Å²) in [5, 5.41) is 21.6. The highest BCUT2D eigenvalue weighted by Crippen LogP contribution is 2.33. The Bertz CT molecular complexity index is 881. The molecule has 0 aliphatic carbocycles. The maximum Gasteiger partial charge on any atom is 0.135 e. The van der Waals surface area contributed by atoms with Gasteiger partial charge in [-0.05, 0) is 43.9 Å². The lowest BCUT2D eigenvalue weighted by Gasteiger charge is -2.21. The number of benzene rings is 1. The van der Waals surface area contributed by atoms with E-state index in [2.05, 4.69) is 32.0 Å². The van der Waals surface area contributed by atoms with Gasteiger partial charge in [0.05, 0.1) is 23.9 Å². The first-order chi connectivity index (χ1) is 12.5. The molecule has 0 saturated carbocycles. The van der Waals surface area contributed by atoms with Crippen LogP contribution in [0, 0.1) is 19.3 Å². The van der Waals surface area contributed by atoms with Crippen molar-refractivity contribution in [1.29, 1.82) is 5.41 Å². The summed E-state index contributed by atoms with van der Waals surface area (Å²) in [6.07, 6.45) is 2.25. The van der Waals surface area contributed by atoms with E-state index in [0.29, 0.717) is 29.5 Å². The highest BCUT2D eigenvalue weighted by atomic mass is 32.1. The van der Waals surface area contributed by atoms with E-state index >= 15 is 0 Å². The third-order valence-electron chi connectivity index (χ3n) is 5.15. The fraction of sp³-hybridized carbons (Fsp3) is 0.400. The quantitative estimate of drug-likeness (QED) is 0.849. The molecule has 0 bridgehead atoms. The Morgan fingerprint density at radius 3 is 2.92 bits per heavy atom. The molecule has 136 valence electrons. The molecule has 1 fully saturated rings. The molecule has 1 aromatic heterocycles. The number of nitrogens with zero attached hydrogens (tertiary/aromatic N) is 2. The van der Waals surface area contributed by atoms with Gasteiger partial charge in [-0.15, -0.1) is 11.3 Å². The van der Waals surface area contributed by atoms with Crippen LogP contribution in [0.3, 0.4) is 0 Å². The van der Waals surface area contributed by atoms with Crippen LogP contribution in [0.1, 0.15) is 29.0 Å². The minimum absolute atomic E-state index is 0.157. The van der Waals surface area contributed by atoms with Crippen molar-refractivity contribution < 1.29 is 9.84 Å². The summed E-state index contributed by atoms with van der Waals surface area (Å²) in [7, 11) is 0. The zero-order valence-electron chi connectivity index (χ0n) is 15.1. The zero-order valence-corrected chi connectivity index (χ0v) is 15.9. The fourth-order valence-corrected chi connectivity index (χ4v) is 4.37. The van der Waals surface area contributed by atoms with Gasteiger partial charge in [-0.25, -0.2) is 4.98 Å². The molecule has 5 nitrogen and oxygen atoms in total. The molecule has 0 spiro atoms. The first-order valence-electron chi connectivity index (χ1n) is 8.94. The first kappa shape index (κ1) is 17.2. The average molecular weight is 369 g/mol. The van der Waals surface area contributed by atoms with Crippen LogP contribution in [0.25, 0.3) is 16.8 Å². The SMILES string of the molecule is Cc1ccc(-c2csc(C3=C(O)CN(CC4CCCO4)C3=N)n2)cc1C. The lowest BCUT2D eigenvalue weighted by atomic mass is 10.1. The first-order valence-corrected chi connectivity index (χ1v) is 9.82. The summed E-state index contributed by atoms with van der Waals surface area (Å²) in [6, 6.07) is 6.30. The van der Waals surface area contributed by atoms with E-state index in [0.717, 1.165) is 30.7 Å². The lowest BCUT2D eigenvalue weighted by Crippen LogP contribution is -2.34. The van der Waals surface area contributed by atoms with Gasteiger partial charge in [0.25, 0.3) is 0 Å². The van der Waals surface area contributed by atoms with Crippen molar-refractivity contribution in [3.05, 3.63) is 45.5 Å². The van der Waals surface area contributed by atoms with Crippen molar-refractivity contribution in [2.75, 3.05) is 19.7 Å². The molecule has 1 aromatic carbocycles. The van der Waals surface area contributed by atoms with Crippen LogP contribution < -0.4 is 0 Å². The number of aliphatic hydroxyl groups is 1. The number of rotatable bonds is 4. The van der Waals surface area contributed by atoms with E-state index in [1.165, 1.54) is 22.5 Å². The number of thiazole rings is 1. The van der Waals surface area contributed by atoms with Crippen LogP contribution in [0.5, 0.6) is 0 Å². The van der Waals surface area contributed by atoms with Crippen molar-refractivity contribution in [3.8, 4) is 11.3 Å². The second kappa shape index (κ2) is 6.85. The molecule has 1 atom stereocenters. The van der Waals surface area contributed by atoms with Crippen LogP contribution in [0.4, 0.5) is 0 Å². The van der Waals surface area contributed by atoms with Gasteiger partial charge in [0, 0.05) is 24.1 Å². The summed E-state index contributed by atoms with van der Waals surface area (Å²) < 4.78 is 5.67. The van der Waals surface area contributed by atoms with E-state index in [4.69, 9.17) is 15.1 Å². The van der Waals surface area contributed by atoms with E-state index in [-0.39, 0.29) is 11.9 Å². The van der Waals surface area contributed by atoms with Crippen molar-refractivity contribution >= 4 is 22.7 Å². The summed E-state index contributed by atoms with van der Waals surface area (Å²) >= 11 is 1.48. The summed E-state index contributed by atoms with van der Waals surface area (Å²) in [6.45, 7) is 6.01. The number of aliphatic hydroxyl groups excluding tert-OH is 1.